The molecule has 0 radical (unpaired) electrons. The highest BCUT2D eigenvalue weighted by molar-refractivity contribution is 7.99. The van der Waals surface area contributed by atoms with Gasteiger partial charge in [0.25, 0.3) is 5.91 Å². The number of amides is 1. The summed E-state index contributed by atoms with van der Waals surface area (Å²) in [6, 6.07) is 6.99. The second kappa shape index (κ2) is 9.38. The number of thiocarbonyl (C=S) groups is 1. The quantitative estimate of drug-likeness (QED) is 0.565. The van der Waals surface area contributed by atoms with Crippen LogP contribution in [0.4, 0.5) is 0 Å². The summed E-state index contributed by atoms with van der Waals surface area (Å²) >= 11 is 6.75. The van der Waals surface area contributed by atoms with Crippen molar-refractivity contribution in [2.45, 2.75) is 32.3 Å². The van der Waals surface area contributed by atoms with E-state index in [2.05, 4.69) is 20.9 Å². The first-order valence-electron chi connectivity index (χ1n) is 7.95. The van der Waals surface area contributed by atoms with Crippen molar-refractivity contribution in [3.05, 3.63) is 35.7 Å². The summed E-state index contributed by atoms with van der Waals surface area (Å²) in [5.74, 6) is 1.85. The SMILES string of the molecule is CCCOc1cccc(C(=O)NC(=S)Nn2c(C)nnc2SCC)c1. The van der Waals surface area contributed by atoms with Gasteiger partial charge in [-0.3, -0.25) is 15.5 Å². The third-order valence-electron chi connectivity index (χ3n) is 3.08. The van der Waals surface area contributed by atoms with E-state index in [9.17, 15) is 4.79 Å². The molecule has 0 unspecified atom stereocenters. The van der Waals surface area contributed by atoms with E-state index in [1.165, 1.54) is 11.8 Å². The van der Waals surface area contributed by atoms with Gasteiger partial charge in [-0.2, -0.15) is 0 Å². The van der Waals surface area contributed by atoms with Gasteiger partial charge in [-0.05, 0) is 49.5 Å². The molecule has 0 aliphatic heterocycles. The molecule has 9 heteroatoms. The minimum absolute atomic E-state index is 0.172. The van der Waals surface area contributed by atoms with Crippen LogP contribution in [0.15, 0.2) is 29.4 Å². The van der Waals surface area contributed by atoms with Gasteiger partial charge in [-0.15, -0.1) is 10.2 Å². The first-order chi connectivity index (χ1) is 12.0. The number of thioether (sulfide) groups is 1. The molecule has 2 rings (SSSR count). The highest BCUT2D eigenvalue weighted by Gasteiger charge is 2.13. The second-order valence-electron chi connectivity index (χ2n) is 5.07. The van der Waals surface area contributed by atoms with Crippen molar-refractivity contribution >= 4 is 35.0 Å². The minimum atomic E-state index is -0.310. The van der Waals surface area contributed by atoms with E-state index in [1.807, 2.05) is 19.9 Å². The van der Waals surface area contributed by atoms with E-state index in [0.29, 0.717) is 28.9 Å². The van der Waals surface area contributed by atoms with Crippen molar-refractivity contribution in [1.29, 1.82) is 0 Å². The first-order valence-corrected chi connectivity index (χ1v) is 9.34. The second-order valence-corrected chi connectivity index (χ2v) is 6.71. The lowest BCUT2D eigenvalue weighted by atomic mass is 10.2. The van der Waals surface area contributed by atoms with Gasteiger partial charge in [0.15, 0.2) is 5.11 Å². The van der Waals surface area contributed by atoms with Gasteiger partial charge in [-0.1, -0.05) is 31.7 Å². The lowest BCUT2D eigenvalue weighted by molar-refractivity contribution is 0.0977. The first kappa shape index (κ1) is 19.2. The number of nitrogens with zero attached hydrogens (tertiary/aromatic N) is 3. The maximum Gasteiger partial charge on any atom is 0.257 e. The monoisotopic (exact) mass is 379 g/mol. The van der Waals surface area contributed by atoms with Crippen LogP contribution in [0.25, 0.3) is 0 Å². The Morgan fingerprint density at radius 2 is 2.16 bits per heavy atom. The molecule has 1 amide bonds. The van der Waals surface area contributed by atoms with Crippen LogP contribution < -0.4 is 15.5 Å². The van der Waals surface area contributed by atoms with Gasteiger partial charge in [0.2, 0.25) is 5.16 Å². The molecule has 1 aromatic heterocycles. The molecular weight excluding hydrogens is 358 g/mol. The van der Waals surface area contributed by atoms with Crippen LogP contribution in [-0.2, 0) is 0 Å². The third-order valence-corrected chi connectivity index (χ3v) is 4.08. The maximum atomic E-state index is 12.4. The zero-order valence-corrected chi connectivity index (χ0v) is 16.0. The molecule has 0 fully saturated rings. The van der Waals surface area contributed by atoms with Crippen LogP contribution in [0.3, 0.4) is 0 Å². The Balaban J connectivity index is 2.01. The molecule has 0 aliphatic carbocycles. The number of hydrogen-bond donors (Lipinski definition) is 2. The zero-order chi connectivity index (χ0) is 18.2. The normalized spacial score (nSPS) is 10.4. The Kier molecular flexibility index (Phi) is 7.20. The number of nitrogens with one attached hydrogen (secondary N) is 2. The molecule has 0 saturated carbocycles. The smallest absolute Gasteiger partial charge is 0.257 e. The predicted octanol–water partition coefficient (Wildman–Crippen LogP) is 2.75. The van der Waals surface area contributed by atoms with E-state index >= 15 is 0 Å². The summed E-state index contributed by atoms with van der Waals surface area (Å²) in [4.78, 5) is 12.4. The van der Waals surface area contributed by atoms with Crippen LogP contribution in [0.1, 0.15) is 36.5 Å². The van der Waals surface area contributed by atoms with Gasteiger partial charge in [0.05, 0.1) is 6.61 Å². The van der Waals surface area contributed by atoms with Crippen molar-refractivity contribution in [3.8, 4) is 5.75 Å². The van der Waals surface area contributed by atoms with Gasteiger partial charge >= 0.3 is 0 Å². The third kappa shape index (κ3) is 5.43. The number of hydrogen-bond acceptors (Lipinski definition) is 6. The molecule has 2 N–H and O–H groups in total. The Labute approximate surface area is 156 Å². The molecular formula is C16H21N5O2S2. The number of benzene rings is 1. The fourth-order valence-electron chi connectivity index (χ4n) is 1.95. The van der Waals surface area contributed by atoms with E-state index < -0.39 is 0 Å². The van der Waals surface area contributed by atoms with Gasteiger partial charge < -0.3 is 4.74 Å². The molecule has 2 aromatic rings. The van der Waals surface area contributed by atoms with Crippen molar-refractivity contribution in [2.75, 3.05) is 17.8 Å². The van der Waals surface area contributed by atoms with Crippen LogP contribution in [0.5, 0.6) is 5.75 Å². The highest BCUT2D eigenvalue weighted by atomic mass is 32.2. The number of ether oxygens (including phenoxy) is 1. The lowest BCUT2D eigenvalue weighted by Crippen LogP contribution is -2.38. The molecule has 0 spiro atoms. The summed E-state index contributed by atoms with van der Waals surface area (Å²) in [5.41, 5.74) is 3.41. The minimum Gasteiger partial charge on any atom is -0.494 e. The van der Waals surface area contributed by atoms with Crippen LogP contribution >= 0.6 is 24.0 Å². The molecule has 0 atom stereocenters. The molecule has 25 heavy (non-hydrogen) atoms. The van der Waals surface area contributed by atoms with Crippen molar-refractivity contribution in [2.24, 2.45) is 0 Å². The van der Waals surface area contributed by atoms with Crippen molar-refractivity contribution < 1.29 is 9.53 Å². The standard InChI is InChI=1S/C16H21N5O2S2/c1-4-9-23-13-8-6-7-12(10-13)14(22)17-15(24)20-21-11(3)18-19-16(21)25-5-2/h6-8,10H,4-5,9H2,1-3H3,(H2,17,20,22,24). The Hall–Kier alpha value is -2.13. The molecule has 1 aromatic carbocycles. The van der Waals surface area contributed by atoms with Crippen molar-refractivity contribution in [1.82, 2.24) is 20.2 Å². The topological polar surface area (TPSA) is 81.1 Å². The summed E-state index contributed by atoms with van der Waals surface area (Å²) in [6.45, 7) is 6.46. The maximum absolute atomic E-state index is 12.4. The fourth-order valence-corrected chi connectivity index (χ4v) is 2.79. The molecule has 0 saturated heterocycles. The number of rotatable bonds is 7. The summed E-state index contributed by atoms with van der Waals surface area (Å²) in [5, 5.41) is 11.6. The van der Waals surface area contributed by atoms with E-state index in [4.69, 9.17) is 17.0 Å². The zero-order valence-electron chi connectivity index (χ0n) is 14.4. The fraction of sp³-hybridized carbons (Fsp3) is 0.375. The van der Waals surface area contributed by atoms with Gasteiger partial charge in [-0.25, -0.2) is 4.68 Å². The summed E-state index contributed by atoms with van der Waals surface area (Å²) < 4.78 is 7.19. The van der Waals surface area contributed by atoms with Crippen molar-refractivity contribution in [3.63, 3.8) is 0 Å². The molecule has 1 heterocycles. The van der Waals surface area contributed by atoms with E-state index in [0.717, 1.165) is 12.2 Å². The van der Waals surface area contributed by atoms with Crippen LogP contribution in [0, 0.1) is 6.92 Å². The summed E-state index contributed by atoms with van der Waals surface area (Å²) in [7, 11) is 0. The number of carbonyl (C=O) groups excluding carboxylic acids is 1. The molecule has 0 bridgehead atoms. The van der Waals surface area contributed by atoms with Crippen LogP contribution in [0.2, 0.25) is 0 Å². The van der Waals surface area contributed by atoms with Crippen LogP contribution in [-0.4, -0.2) is 38.3 Å². The largest absolute Gasteiger partial charge is 0.494 e. The molecule has 7 nitrogen and oxygen atoms in total. The van der Waals surface area contributed by atoms with Gasteiger partial charge in [0.1, 0.15) is 11.6 Å². The average molecular weight is 380 g/mol. The van der Waals surface area contributed by atoms with E-state index in [-0.39, 0.29) is 11.0 Å². The number of carbonyl (C=O) groups is 1. The number of aryl methyl sites for hydroxylation is 1. The van der Waals surface area contributed by atoms with E-state index in [1.54, 1.807) is 29.8 Å². The summed E-state index contributed by atoms with van der Waals surface area (Å²) in [6.07, 6.45) is 0.904. The lowest BCUT2D eigenvalue weighted by Gasteiger charge is -2.13. The Bertz CT molecular complexity index is 748. The molecule has 0 aliphatic rings. The average Bonchev–Trinajstić information content (AvgIpc) is 2.94. The van der Waals surface area contributed by atoms with Gasteiger partial charge in [0, 0.05) is 5.56 Å². The highest BCUT2D eigenvalue weighted by Crippen LogP contribution is 2.15. The predicted molar refractivity (Wildman–Crippen MR) is 103 cm³/mol. The molecule has 134 valence electrons. The number of aromatic nitrogens is 3. The Morgan fingerprint density at radius 3 is 2.88 bits per heavy atom. The Morgan fingerprint density at radius 1 is 1.36 bits per heavy atom.